The number of rotatable bonds is 5. The third kappa shape index (κ3) is 3.12. The number of hydrogen-bond donors (Lipinski definition) is 2. The first-order valence-electron chi connectivity index (χ1n) is 7.36. The highest BCUT2D eigenvalue weighted by Crippen LogP contribution is 2.18. The highest BCUT2D eigenvalue weighted by atomic mass is 16.2. The maximum Gasteiger partial charge on any atom is 0.271 e. The SMILES string of the molecule is CCn1ncc(N)c1C(=O)NCC1CCN(C(C)C)C1. The second-order valence-corrected chi connectivity index (χ2v) is 5.72. The molecule has 0 aliphatic carbocycles. The predicted molar refractivity (Wildman–Crippen MR) is 79.5 cm³/mol. The van der Waals surface area contributed by atoms with Gasteiger partial charge in [0.25, 0.3) is 5.91 Å². The number of amides is 1. The van der Waals surface area contributed by atoms with Crippen molar-refractivity contribution in [1.29, 1.82) is 0 Å². The molecule has 6 heteroatoms. The average molecular weight is 279 g/mol. The Morgan fingerprint density at radius 1 is 1.60 bits per heavy atom. The van der Waals surface area contributed by atoms with Gasteiger partial charge in [-0.1, -0.05) is 0 Å². The molecule has 20 heavy (non-hydrogen) atoms. The second-order valence-electron chi connectivity index (χ2n) is 5.72. The normalized spacial score (nSPS) is 19.7. The average Bonchev–Trinajstić information content (AvgIpc) is 3.02. The zero-order valence-corrected chi connectivity index (χ0v) is 12.6. The Bertz CT molecular complexity index is 468. The number of nitrogens with one attached hydrogen (secondary N) is 1. The van der Waals surface area contributed by atoms with Crippen molar-refractivity contribution in [2.45, 2.75) is 39.8 Å². The molecule has 1 amide bonds. The summed E-state index contributed by atoms with van der Waals surface area (Å²) in [5.41, 5.74) is 6.73. The molecule has 1 aromatic rings. The molecule has 1 aliphatic heterocycles. The van der Waals surface area contributed by atoms with Gasteiger partial charge in [0.2, 0.25) is 0 Å². The van der Waals surface area contributed by atoms with Gasteiger partial charge in [0, 0.05) is 25.7 Å². The fourth-order valence-corrected chi connectivity index (χ4v) is 2.71. The number of hydrogen-bond acceptors (Lipinski definition) is 4. The van der Waals surface area contributed by atoms with Crippen molar-refractivity contribution in [2.24, 2.45) is 5.92 Å². The summed E-state index contributed by atoms with van der Waals surface area (Å²) in [6.07, 6.45) is 2.68. The molecule has 2 rings (SSSR count). The first-order valence-corrected chi connectivity index (χ1v) is 7.36. The number of aryl methyl sites for hydroxylation is 1. The Labute approximate surface area is 120 Å². The molecule has 1 unspecified atom stereocenters. The van der Waals surface area contributed by atoms with E-state index in [9.17, 15) is 4.79 Å². The van der Waals surface area contributed by atoms with Crippen molar-refractivity contribution < 1.29 is 4.79 Å². The number of nitrogen functional groups attached to an aromatic ring is 1. The number of carbonyl (C=O) groups excluding carboxylic acids is 1. The van der Waals surface area contributed by atoms with E-state index in [0.29, 0.717) is 36.4 Å². The van der Waals surface area contributed by atoms with Crippen LogP contribution < -0.4 is 11.1 Å². The van der Waals surface area contributed by atoms with Crippen LogP contribution in [0.25, 0.3) is 0 Å². The quantitative estimate of drug-likeness (QED) is 0.841. The van der Waals surface area contributed by atoms with Crippen LogP contribution in [0.3, 0.4) is 0 Å². The second kappa shape index (κ2) is 6.26. The van der Waals surface area contributed by atoms with Crippen LogP contribution in [0, 0.1) is 5.92 Å². The predicted octanol–water partition coefficient (Wildman–Crippen LogP) is 0.945. The van der Waals surface area contributed by atoms with Gasteiger partial charge in [-0.05, 0) is 39.7 Å². The van der Waals surface area contributed by atoms with Gasteiger partial charge in [0.15, 0.2) is 0 Å². The van der Waals surface area contributed by atoms with Crippen molar-refractivity contribution in [3.63, 3.8) is 0 Å². The number of carbonyl (C=O) groups is 1. The molecule has 112 valence electrons. The first-order chi connectivity index (χ1) is 9.52. The van der Waals surface area contributed by atoms with Crippen LogP contribution in [-0.4, -0.2) is 46.3 Å². The Hall–Kier alpha value is -1.56. The monoisotopic (exact) mass is 279 g/mol. The lowest BCUT2D eigenvalue weighted by Gasteiger charge is -2.20. The van der Waals surface area contributed by atoms with Crippen LogP contribution in [-0.2, 0) is 6.54 Å². The summed E-state index contributed by atoms with van der Waals surface area (Å²) in [5, 5.41) is 7.09. The molecular weight excluding hydrogens is 254 g/mol. The number of aromatic nitrogens is 2. The van der Waals surface area contributed by atoms with Crippen LogP contribution in [0.2, 0.25) is 0 Å². The smallest absolute Gasteiger partial charge is 0.271 e. The molecule has 0 aromatic carbocycles. The first kappa shape index (κ1) is 14.8. The lowest BCUT2D eigenvalue weighted by molar-refractivity contribution is 0.0937. The van der Waals surface area contributed by atoms with Gasteiger partial charge in [0.05, 0.1) is 11.9 Å². The summed E-state index contributed by atoms with van der Waals surface area (Å²) in [5.74, 6) is 0.408. The molecular formula is C14H25N5O. The lowest BCUT2D eigenvalue weighted by atomic mass is 10.1. The van der Waals surface area contributed by atoms with E-state index in [1.165, 1.54) is 6.20 Å². The van der Waals surface area contributed by atoms with Crippen molar-refractivity contribution >= 4 is 11.6 Å². The van der Waals surface area contributed by atoms with E-state index in [1.807, 2.05) is 6.92 Å². The van der Waals surface area contributed by atoms with Gasteiger partial charge >= 0.3 is 0 Å². The van der Waals surface area contributed by atoms with Gasteiger partial charge < -0.3 is 16.0 Å². The Morgan fingerprint density at radius 2 is 2.35 bits per heavy atom. The summed E-state index contributed by atoms with van der Waals surface area (Å²) >= 11 is 0. The molecule has 6 nitrogen and oxygen atoms in total. The number of nitrogens with two attached hydrogens (primary N) is 1. The van der Waals surface area contributed by atoms with E-state index >= 15 is 0 Å². The van der Waals surface area contributed by atoms with E-state index in [-0.39, 0.29) is 5.91 Å². The standard InChI is InChI=1S/C14H25N5O/c1-4-19-13(12(15)8-17-19)14(20)16-7-11-5-6-18(9-11)10(2)3/h8,10-11H,4-7,9,15H2,1-3H3,(H,16,20). The van der Waals surface area contributed by atoms with Gasteiger partial charge in [0.1, 0.15) is 5.69 Å². The van der Waals surface area contributed by atoms with E-state index in [2.05, 4.69) is 29.2 Å². The molecule has 1 saturated heterocycles. The van der Waals surface area contributed by atoms with Crippen LogP contribution in [0.4, 0.5) is 5.69 Å². The third-order valence-corrected chi connectivity index (χ3v) is 3.98. The Kier molecular flexibility index (Phi) is 4.65. The summed E-state index contributed by atoms with van der Waals surface area (Å²) in [6.45, 7) is 9.89. The fourth-order valence-electron chi connectivity index (χ4n) is 2.71. The summed E-state index contributed by atoms with van der Waals surface area (Å²) in [4.78, 5) is 14.7. The van der Waals surface area contributed by atoms with Gasteiger partial charge in [-0.15, -0.1) is 0 Å². The topological polar surface area (TPSA) is 76.2 Å². The Morgan fingerprint density at radius 3 is 2.95 bits per heavy atom. The number of likely N-dealkylation sites (tertiary alicyclic amines) is 1. The highest BCUT2D eigenvalue weighted by molar-refractivity contribution is 5.97. The molecule has 0 saturated carbocycles. The zero-order valence-electron chi connectivity index (χ0n) is 12.6. The molecule has 1 atom stereocenters. The summed E-state index contributed by atoms with van der Waals surface area (Å²) in [7, 11) is 0. The molecule has 0 radical (unpaired) electrons. The summed E-state index contributed by atoms with van der Waals surface area (Å²) in [6, 6.07) is 0.577. The van der Waals surface area contributed by atoms with Crippen LogP contribution >= 0.6 is 0 Å². The molecule has 3 N–H and O–H groups in total. The van der Waals surface area contributed by atoms with Crippen molar-refractivity contribution in [3.8, 4) is 0 Å². The largest absolute Gasteiger partial charge is 0.396 e. The molecule has 1 aromatic heterocycles. The third-order valence-electron chi connectivity index (χ3n) is 3.98. The Balaban J connectivity index is 1.88. The summed E-state index contributed by atoms with van der Waals surface area (Å²) < 4.78 is 1.64. The molecule has 0 spiro atoms. The minimum Gasteiger partial charge on any atom is -0.396 e. The van der Waals surface area contributed by atoms with Crippen molar-refractivity contribution in [2.75, 3.05) is 25.4 Å². The van der Waals surface area contributed by atoms with E-state index in [1.54, 1.807) is 4.68 Å². The van der Waals surface area contributed by atoms with E-state index in [4.69, 9.17) is 5.73 Å². The molecule has 2 heterocycles. The van der Waals surface area contributed by atoms with Crippen LogP contribution in [0.15, 0.2) is 6.20 Å². The molecule has 1 aliphatic rings. The maximum absolute atomic E-state index is 12.2. The van der Waals surface area contributed by atoms with Crippen molar-refractivity contribution in [3.05, 3.63) is 11.9 Å². The van der Waals surface area contributed by atoms with Gasteiger partial charge in [-0.3, -0.25) is 9.48 Å². The minimum absolute atomic E-state index is 0.121. The molecule has 1 fully saturated rings. The molecule has 0 bridgehead atoms. The van der Waals surface area contributed by atoms with Crippen LogP contribution in [0.5, 0.6) is 0 Å². The zero-order chi connectivity index (χ0) is 14.7. The fraction of sp³-hybridized carbons (Fsp3) is 0.714. The van der Waals surface area contributed by atoms with E-state index in [0.717, 1.165) is 19.5 Å². The van der Waals surface area contributed by atoms with Crippen LogP contribution in [0.1, 0.15) is 37.7 Å². The van der Waals surface area contributed by atoms with Crippen molar-refractivity contribution in [1.82, 2.24) is 20.0 Å². The lowest BCUT2D eigenvalue weighted by Crippen LogP contribution is -2.34. The minimum atomic E-state index is -0.121. The highest BCUT2D eigenvalue weighted by Gasteiger charge is 2.25. The number of anilines is 1. The number of nitrogens with zero attached hydrogens (tertiary/aromatic N) is 3. The maximum atomic E-state index is 12.2. The van der Waals surface area contributed by atoms with Gasteiger partial charge in [-0.2, -0.15) is 5.10 Å². The van der Waals surface area contributed by atoms with Gasteiger partial charge in [-0.25, -0.2) is 0 Å². The van der Waals surface area contributed by atoms with E-state index < -0.39 is 0 Å².